The van der Waals surface area contributed by atoms with Gasteiger partial charge in [-0.25, -0.2) is 0 Å². The number of rotatable bonds is 5. The lowest BCUT2D eigenvalue weighted by Crippen LogP contribution is -2.20. The second kappa shape index (κ2) is 6.82. The number of carbonyl (C=O) groups excluding carboxylic acids is 1. The summed E-state index contributed by atoms with van der Waals surface area (Å²) in [6.07, 6.45) is 0. The second-order valence-electron chi connectivity index (χ2n) is 3.35. The number of halogens is 1. The van der Waals surface area contributed by atoms with Crippen molar-refractivity contribution in [1.29, 1.82) is 0 Å². The van der Waals surface area contributed by atoms with Gasteiger partial charge in [-0.3, -0.25) is 4.79 Å². The number of hydrogen-bond acceptors (Lipinski definition) is 3. The average Bonchev–Trinajstić information content (AvgIpc) is 2.24. The third-order valence-electron chi connectivity index (χ3n) is 1.95. The highest BCUT2D eigenvalue weighted by atomic mass is 127. The number of nitrogens with two attached hydrogens (primary N) is 1. The zero-order chi connectivity index (χ0) is 12.0. The van der Waals surface area contributed by atoms with Crippen LogP contribution in [-0.2, 0) is 9.53 Å². The number of hydrogen-bond donors (Lipinski definition) is 2. The molecule has 1 aromatic carbocycles. The first-order valence-electron chi connectivity index (χ1n) is 4.97. The van der Waals surface area contributed by atoms with E-state index in [2.05, 4.69) is 27.9 Å². The molecule has 0 radical (unpaired) electrons. The largest absolute Gasteiger partial charge is 0.370 e. The molecule has 1 amide bonds. The minimum absolute atomic E-state index is 0.0433. The molecule has 0 aliphatic rings. The maximum absolute atomic E-state index is 11.4. The molecule has 3 N–H and O–H groups in total. The van der Waals surface area contributed by atoms with Crippen molar-refractivity contribution in [3.8, 4) is 0 Å². The fourth-order valence-corrected chi connectivity index (χ4v) is 1.63. The van der Waals surface area contributed by atoms with Gasteiger partial charge >= 0.3 is 0 Å². The lowest BCUT2D eigenvalue weighted by atomic mass is 10.2. The van der Waals surface area contributed by atoms with Crippen LogP contribution in [0.5, 0.6) is 0 Å². The molecule has 1 aromatic rings. The van der Waals surface area contributed by atoms with Crippen molar-refractivity contribution in [1.82, 2.24) is 0 Å². The number of amides is 1. The van der Waals surface area contributed by atoms with Crippen molar-refractivity contribution >= 4 is 34.2 Å². The van der Waals surface area contributed by atoms with Gasteiger partial charge in [0, 0.05) is 15.8 Å². The normalized spacial score (nSPS) is 10.2. The van der Waals surface area contributed by atoms with E-state index >= 15 is 0 Å². The van der Waals surface area contributed by atoms with Crippen LogP contribution in [0.4, 0.5) is 5.69 Å². The van der Waals surface area contributed by atoms with Crippen LogP contribution in [0.25, 0.3) is 0 Å². The molecule has 0 aliphatic carbocycles. The highest BCUT2D eigenvalue weighted by Crippen LogP contribution is 2.16. The molecule has 1 rings (SSSR count). The molecule has 0 fully saturated rings. The minimum Gasteiger partial charge on any atom is -0.370 e. The summed E-state index contributed by atoms with van der Waals surface area (Å²) in [5.41, 5.74) is 7.23. The molecular weight excluding hydrogens is 319 g/mol. The van der Waals surface area contributed by atoms with Crippen LogP contribution in [-0.4, -0.2) is 25.7 Å². The Morgan fingerprint density at radius 3 is 2.94 bits per heavy atom. The van der Waals surface area contributed by atoms with Crippen LogP contribution in [0.3, 0.4) is 0 Å². The summed E-state index contributed by atoms with van der Waals surface area (Å²) in [6.45, 7) is 2.90. The Morgan fingerprint density at radius 1 is 1.56 bits per heavy atom. The zero-order valence-electron chi connectivity index (χ0n) is 9.13. The molecule has 0 atom stereocenters. The summed E-state index contributed by atoms with van der Waals surface area (Å²) in [5.74, 6) is -0.159. The molecule has 0 unspecified atom stereocenters. The summed E-state index contributed by atoms with van der Waals surface area (Å²) in [4.78, 5) is 11.4. The highest BCUT2D eigenvalue weighted by molar-refractivity contribution is 14.1. The lowest BCUT2D eigenvalue weighted by Gasteiger charge is -2.07. The third-order valence-corrected chi connectivity index (χ3v) is 3.11. The van der Waals surface area contributed by atoms with Crippen molar-refractivity contribution in [2.45, 2.75) is 6.92 Å². The fraction of sp³-hybridized carbons (Fsp3) is 0.364. The van der Waals surface area contributed by atoms with Crippen molar-refractivity contribution in [3.05, 3.63) is 27.3 Å². The zero-order valence-corrected chi connectivity index (χ0v) is 11.3. The first-order valence-corrected chi connectivity index (χ1v) is 6.05. The Labute approximate surface area is 109 Å². The first kappa shape index (κ1) is 13.4. The number of carbonyl (C=O) groups is 1. The maximum Gasteiger partial charge on any atom is 0.250 e. The predicted molar refractivity (Wildman–Crippen MR) is 72.4 cm³/mol. The lowest BCUT2D eigenvalue weighted by molar-refractivity contribution is -0.120. The van der Waals surface area contributed by atoms with Gasteiger partial charge in [0.1, 0.15) is 6.61 Å². The number of ether oxygens (including phenoxy) is 1. The van der Waals surface area contributed by atoms with E-state index in [0.717, 1.165) is 9.26 Å². The van der Waals surface area contributed by atoms with Crippen molar-refractivity contribution in [2.24, 2.45) is 5.73 Å². The van der Waals surface area contributed by atoms with E-state index in [1.165, 1.54) is 5.56 Å². The number of benzene rings is 1. The van der Waals surface area contributed by atoms with Gasteiger partial charge < -0.3 is 15.8 Å². The van der Waals surface area contributed by atoms with Crippen LogP contribution in [0, 0.1) is 10.5 Å². The fourth-order valence-electron chi connectivity index (χ4n) is 1.12. The standard InChI is InChI=1S/C11H15IN2O2/c1-8-2-3-9(6-10(8)12)14-11(15)7-16-5-4-13/h2-3,6H,4-5,7,13H2,1H3,(H,14,15). The van der Waals surface area contributed by atoms with Crippen LogP contribution in [0.15, 0.2) is 18.2 Å². The first-order chi connectivity index (χ1) is 7.63. The van der Waals surface area contributed by atoms with E-state index in [1.54, 1.807) is 0 Å². The average molecular weight is 334 g/mol. The van der Waals surface area contributed by atoms with Crippen LogP contribution < -0.4 is 11.1 Å². The third kappa shape index (κ3) is 4.46. The summed E-state index contributed by atoms with van der Waals surface area (Å²) in [5, 5.41) is 2.76. The van der Waals surface area contributed by atoms with E-state index in [-0.39, 0.29) is 12.5 Å². The molecule has 5 heteroatoms. The molecule has 4 nitrogen and oxygen atoms in total. The van der Waals surface area contributed by atoms with Gasteiger partial charge in [0.25, 0.3) is 0 Å². The van der Waals surface area contributed by atoms with E-state index in [1.807, 2.05) is 25.1 Å². The van der Waals surface area contributed by atoms with Crippen LogP contribution in [0.1, 0.15) is 5.56 Å². The van der Waals surface area contributed by atoms with Crippen molar-refractivity contribution in [2.75, 3.05) is 25.1 Å². The minimum atomic E-state index is -0.159. The van der Waals surface area contributed by atoms with Gasteiger partial charge in [0.15, 0.2) is 0 Å². The predicted octanol–water partition coefficient (Wildman–Crippen LogP) is 1.51. The number of aryl methyl sites for hydroxylation is 1. The number of nitrogens with one attached hydrogen (secondary N) is 1. The second-order valence-corrected chi connectivity index (χ2v) is 4.52. The van der Waals surface area contributed by atoms with Crippen molar-refractivity contribution < 1.29 is 9.53 Å². The Kier molecular flexibility index (Phi) is 5.72. The SMILES string of the molecule is Cc1ccc(NC(=O)COCCN)cc1I. The Morgan fingerprint density at radius 2 is 2.31 bits per heavy atom. The van der Waals surface area contributed by atoms with E-state index in [4.69, 9.17) is 10.5 Å². The summed E-state index contributed by atoms with van der Waals surface area (Å²) < 4.78 is 6.16. The van der Waals surface area contributed by atoms with Gasteiger partial charge in [-0.1, -0.05) is 6.07 Å². The highest BCUT2D eigenvalue weighted by Gasteiger charge is 2.03. The van der Waals surface area contributed by atoms with E-state index in [0.29, 0.717) is 13.2 Å². The monoisotopic (exact) mass is 334 g/mol. The summed E-state index contributed by atoms with van der Waals surface area (Å²) >= 11 is 2.23. The molecule has 0 bridgehead atoms. The molecule has 88 valence electrons. The molecule has 0 aromatic heterocycles. The quantitative estimate of drug-likeness (QED) is 0.634. The van der Waals surface area contributed by atoms with Gasteiger partial charge in [-0.2, -0.15) is 0 Å². The van der Waals surface area contributed by atoms with Gasteiger partial charge in [-0.05, 0) is 47.2 Å². The molecular formula is C11H15IN2O2. The molecule has 0 saturated heterocycles. The van der Waals surface area contributed by atoms with Gasteiger partial charge in [0.2, 0.25) is 5.91 Å². The number of anilines is 1. The topological polar surface area (TPSA) is 64.3 Å². The van der Waals surface area contributed by atoms with Crippen LogP contribution in [0.2, 0.25) is 0 Å². The van der Waals surface area contributed by atoms with Gasteiger partial charge in [-0.15, -0.1) is 0 Å². The Bertz CT molecular complexity index is 369. The molecule has 0 aliphatic heterocycles. The van der Waals surface area contributed by atoms with Crippen molar-refractivity contribution in [3.63, 3.8) is 0 Å². The smallest absolute Gasteiger partial charge is 0.250 e. The van der Waals surface area contributed by atoms with Crippen LogP contribution >= 0.6 is 22.6 Å². The van der Waals surface area contributed by atoms with E-state index in [9.17, 15) is 4.79 Å². The molecule has 0 spiro atoms. The molecule has 16 heavy (non-hydrogen) atoms. The molecule has 0 saturated carbocycles. The maximum atomic E-state index is 11.4. The molecule has 0 heterocycles. The summed E-state index contributed by atoms with van der Waals surface area (Å²) in [6, 6.07) is 5.77. The Hall–Kier alpha value is -0.660. The Balaban J connectivity index is 2.46. The van der Waals surface area contributed by atoms with E-state index < -0.39 is 0 Å². The van der Waals surface area contributed by atoms with Gasteiger partial charge in [0.05, 0.1) is 6.61 Å². The summed E-state index contributed by atoms with van der Waals surface area (Å²) in [7, 11) is 0.